The van der Waals surface area contributed by atoms with Gasteiger partial charge in [-0.15, -0.1) is 10.2 Å². The number of aromatic nitrogens is 2. The van der Waals surface area contributed by atoms with Gasteiger partial charge in [0.25, 0.3) is 5.22 Å². The minimum atomic E-state index is -3.04. The molecule has 1 saturated heterocycles. The molecule has 1 fully saturated rings. The number of rotatable bonds is 6. The maximum Gasteiger partial charge on any atom is 0.277 e. The van der Waals surface area contributed by atoms with Gasteiger partial charge in [-0.25, -0.2) is 8.42 Å². The standard InChI is InChI=1S/C17H21N3O4S2/c1-3-20(14-9-10-26(22,23)11-14)16(21)12(2)25-17-19-18-15(24-17)13-7-5-4-6-8-13/h4-8,12,14H,3,9-11H2,1-2H3/t12-,14-/m1/s1. The molecule has 140 valence electrons. The fourth-order valence-electron chi connectivity index (χ4n) is 3.01. The zero-order valence-electron chi connectivity index (χ0n) is 14.7. The van der Waals surface area contributed by atoms with Gasteiger partial charge in [-0.3, -0.25) is 4.79 Å². The van der Waals surface area contributed by atoms with E-state index in [1.165, 1.54) is 11.8 Å². The second-order valence-corrected chi connectivity index (χ2v) is 9.70. The van der Waals surface area contributed by atoms with E-state index in [4.69, 9.17) is 4.42 Å². The number of amides is 1. The maximum atomic E-state index is 12.8. The van der Waals surface area contributed by atoms with Gasteiger partial charge in [0, 0.05) is 18.2 Å². The molecule has 3 rings (SSSR count). The van der Waals surface area contributed by atoms with Gasteiger partial charge < -0.3 is 9.32 Å². The fraction of sp³-hybridized carbons (Fsp3) is 0.471. The van der Waals surface area contributed by atoms with Gasteiger partial charge in [-0.05, 0) is 32.4 Å². The Bertz CT molecular complexity index is 867. The van der Waals surface area contributed by atoms with Crippen LogP contribution in [0, 0.1) is 0 Å². The van der Waals surface area contributed by atoms with Gasteiger partial charge in [0.15, 0.2) is 9.84 Å². The first-order chi connectivity index (χ1) is 12.4. The summed E-state index contributed by atoms with van der Waals surface area (Å²) in [5.74, 6) is 0.483. The topological polar surface area (TPSA) is 93.4 Å². The van der Waals surface area contributed by atoms with Gasteiger partial charge in [0.05, 0.1) is 16.8 Å². The molecule has 1 aromatic carbocycles. The SMILES string of the molecule is CCN(C(=O)[C@@H](C)Sc1nnc(-c2ccccc2)o1)[C@@H]1CCS(=O)(=O)C1. The summed E-state index contributed by atoms with van der Waals surface area (Å²) in [6, 6.07) is 9.16. The third kappa shape index (κ3) is 4.27. The summed E-state index contributed by atoms with van der Waals surface area (Å²) >= 11 is 1.19. The Morgan fingerprint density at radius 1 is 1.35 bits per heavy atom. The predicted molar refractivity (Wildman–Crippen MR) is 99.5 cm³/mol. The number of sulfone groups is 1. The lowest BCUT2D eigenvalue weighted by Gasteiger charge is -2.28. The lowest BCUT2D eigenvalue weighted by molar-refractivity contribution is -0.131. The molecule has 0 aliphatic carbocycles. The van der Waals surface area contributed by atoms with Gasteiger partial charge >= 0.3 is 0 Å². The van der Waals surface area contributed by atoms with Crippen LogP contribution < -0.4 is 0 Å². The van der Waals surface area contributed by atoms with Crippen LogP contribution in [0.2, 0.25) is 0 Å². The molecule has 26 heavy (non-hydrogen) atoms. The Labute approximate surface area is 157 Å². The van der Waals surface area contributed by atoms with Crippen molar-refractivity contribution in [2.24, 2.45) is 0 Å². The minimum absolute atomic E-state index is 0.0443. The van der Waals surface area contributed by atoms with E-state index in [1.54, 1.807) is 11.8 Å². The molecule has 0 N–H and O–H groups in total. The first-order valence-electron chi connectivity index (χ1n) is 8.46. The quantitative estimate of drug-likeness (QED) is 0.693. The molecule has 0 unspecified atom stereocenters. The molecule has 1 aliphatic heterocycles. The molecule has 1 aliphatic rings. The number of nitrogens with zero attached hydrogens (tertiary/aromatic N) is 3. The second-order valence-electron chi connectivity index (χ2n) is 6.18. The van der Waals surface area contributed by atoms with E-state index in [-0.39, 0.29) is 23.5 Å². The summed E-state index contributed by atoms with van der Waals surface area (Å²) in [7, 11) is -3.04. The zero-order valence-corrected chi connectivity index (χ0v) is 16.3. The summed E-state index contributed by atoms with van der Waals surface area (Å²) in [5, 5.41) is 7.90. The molecular formula is C17H21N3O4S2. The van der Waals surface area contributed by atoms with E-state index >= 15 is 0 Å². The summed E-state index contributed by atoms with van der Waals surface area (Å²) in [4.78, 5) is 14.4. The number of carbonyl (C=O) groups excluding carboxylic acids is 1. The molecule has 7 nitrogen and oxygen atoms in total. The van der Waals surface area contributed by atoms with Crippen molar-refractivity contribution < 1.29 is 17.6 Å². The molecule has 2 heterocycles. The first-order valence-corrected chi connectivity index (χ1v) is 11.2. The van der Waals surface area contributed by atoms with Crippen molar-refractivity contribution >= 4 is 27.5 Å². The molecule has 2 atom stereocenters. The Hall–Kier alpha value is -1.87. The van der Waals surface area contributed by atoms with Crippen molar-refractivity contribution in [2.75, 3.05) is 18.1 Å². The summed E-state index contributed by atoms with van der Waals surface area (Å²) < 4.78 is 29.0. The van der Waals surface area contributed by atoms with Gasteiger partial charge in [-0.1, -0.05) is 30.0 Å². The van der Waals surface area contributed by atoms with Crippen LogP contribution in [-0.2, 0) is 14.6 Å². The van der Waals surface area contributed by atoms with Crippen LogP contribution in [0.15, 0.2) is 40.0 Å². The minimum Gasteiger partial charge on any atom is -0.411 e. The summed E-state index contributed by atoms with van der Waals surface area (Å²) in [6.45, 7) is 4.11. The van der Waals surface area contributed by atoms with Crippen molar-refractivity contribution in [3.05, 3.63) is 30.3 Å². The lowest BCUT2D eigenvalue weighted by atomic mass is 10.2. The molecule has 1 aromatic heterocycles. The molecule has 0 bridgehead atoms. The average molecular weight is 396 g/mol. The smallest absolute Gasteiger partial charge is 0.277 e. The molecule has 0 radical (unpaired) electrons. The highest BCUT2D eigenvalue weighted by Crippen LogP contribution is 2.28. The van der Waals surface area contributed by atoms with E-state index < -0.39 is 15.1 Å². The van der Waals surface area contributed by atoms with Crippen LogP contribution in [0.4, 0.5) is 0 Å². The van der Waals surface area contributed by atoms with Crippen molar-refractivity contribution in [3.8, 4) is 11.5 Å². The van der Waals surface area contributed by atoms with E-state index in [2.05, 4.69) is 10.2 Å². The Morgan fingerprint density at radius 3 is 2.69 bits per heavy atom. The van der Waals surface area contributed by atoms with Crippen molar-refractivity contribution in [3.63, 3.8) is 0 Å². The monoisotopic (exact) mass is 395 g/mol. The summed E-state index contributed by atoms with van der Waals surface area (Å²) in [5.41, 5.74) is 0.817. The van der Waals surface area contributed by atoms with Crippen LogP contribution in [0.25, 0.3) is 11.5 Å². The molecular weight excluding hydrogens is 374 g/mol. The van der Waals surface area contributed by atoms with Crippen molar-refractivity contribution in [2.45, 2.75) is 36.8 Å². The van der Waals surface area contributed by atoms with Gasteiger partial charge in [0.1, 0.15) is 0 Å². The van der Waals surface area contributed by atoms with Crippen LogP contribution in [0.3, 0.4) is 0 Å². The van der Waals surface area contributed by atoms with Crippen LogP contribution in [0.1, 0.15) is 20.3 Å². The highest BCUT2D eigenvalue weighted by atomic mass is 32.2. The highest BCUT2D eigenvalue weighted by Gasteiger charge is 2.35. The summed E-state index contributed by atoms with van der Waals surface area (Å²) in [6.07, 6.45) is 0.498. The number of hydrogen-bond donors (Lipinski definition) is 0. The second kappa shape index (κ2) is 7.79. The Balaban J connectivity index is 1.66. The molecule has 1 amide bonds. The van der Waals surface area contributed by atoms with E-state index in [9.17, 15) is 13.2 Å². The predicted octanol–water partition coefficient (Wildman–Crippen LogP) is 2.25. The zero-order chi connectivity index (χ0) is 18.7. The number of carbonyl (C=O) groups is 1. The largest absolute Gasteiger partial charge is 0.411 e. The Kier molecular flexibility index (Phi) is 5.67. The number of benzene rings is 1. The van der Waals surface area contributed by atoms with E-state index in [1.807, 2.05) is 37.3 Å². The third-order valence-corrected chi connectivity index (χ3v) is 7.00. The third-order valence-electron chi connectivity index (χ3n) is 4.33. The maximum absolute atomic E-state index is 12.8. The van der Waals surface area contributed by atoms with Crippen molar-refractivity contribution in [1.29, 1.82) is 0 Å². The Morgan fingerprint density at radius 2 is 2.08 bits per heavy atom. The normalized spacial score (nSPS) is 20.0. The van der Waals surface area contributed by atoms with Gasteiger partial charge in [-0.2, -0.15) is 0 Å². The van der Waals surface area contributed by atoms with Crippen LogP contribution in [0.5, 0.6) is 0 Å². The van der Waals surface area contributed by atoms with Crippen LogP contribution in [-0.4, -0.2) is 58.8 Å². The van der Waals surface area contributed by atoms with Crippen LogP contribution >= 0.6 is 11.8 Å². The van der Waals surface area contributed by atoms with E-state index in [0.717, 1.165) is 5.56 Å². The molecule has 0 saturated carbocycles. The molecule has 0 spiro atoms. The van der Waals surface area contributed by atoms with Gasteiger partial charge in [0.2, 0.25) is 11.8 Å². The van der Waals surface area contributed by atoms with Crippen molar-refractivity contribution in [1.82, 2.24) is 15.1 Å². The number of thioether (sulfide) groups is 1. The highest BCUT2D eigenvalue weighted by molar-refractivity contribution is 8.00. The molecule has 2 aromatic rings. The van der Waals surface area contributed by atoms with E-state index in [0.29, 0.717) is 24.1 Å². The molecule has 9 heteroatoms. The number of hydrogen-bond acceptors (Lipinski definition) is 7. The fourth-order valence-corrected chi connectivity index (χ4v) is 5.49. The first kappa shape index (κ1) is 18.9. The lowest BCUT2D eigenvalue weighted by Crippen LogP contribution is -2.44. The average Bonchev–Trinajstić information content (AvgIpc) is 3.22.